The number of nitrogens with one attached hydrogen (secondary N) is 1. The molecule has 3 rings (SSSR count). The first-order valence-electron chi connectivity index (χ1n) is 8.81. The van der Waals surface area contributed by atoms with Crippen LogP contribution in [0.4, 0.5) is 0 Å². The maximum Gasteiger partial charge on any atom is 0.255 e. The Balaban J connectivity index is 1.69. The molecule has 1 aromatic heterocycles. The molecule has 1 aliphatic heterocycles. The lowest BCUT2D eigenvalue weighted by Crippen LogP contribution is -2.36. The van der Waals surface area contributed by atoms with Crippen molar-refractivity contribution in [2.45, 2.75) is 39.7 Å². The summed E-state index contributed by atoms with van der Waals surface area (Å²) in [5.41, 5.74) is 2.62. The number of nitrogens with zero attached hydrogens (tertiary/aromatic N) is 1. The van der Waals surface area contributed by atoms with E-state index in [2.05, 4.69) is 5.32 Å². The number of rotatable bonds is 5. The van der Waals surface area contributed by atoms with Gasteiger partial charge in [-0.2, -0.15) is 0 Å². The van der Waals surface area contributed by atoms with Crippen molar-refractivity contribution in [3.8, 4) is 0 Å². The lowest BCUT2D eigenvalue weighted by atomic mass is 10.0. The van der Waals surface area contributed by atoms with E-state index < -0.39 is 0 Å². The Morgan fingerprint density at radius 3 is 2.72 bits per heavy atom. The highest BCUT2D eigenvalue weighted by Crippen LogP contribution is 2.28. The molecule has 25 heavy (non-hydrogen) atoms. The Morgan fingerprint density at radius 2 is 2.00 bits per heavy atom. The van der Waals surface area contributed by atoms with Gasteiger partial charge in [0, 0.05) is 38.0 Å². The molecule has 0 aliphatic carbocycles. The van der Waals surface area contributed by atoms with Crippen LogP contribution in [0.2, 0.25) is 0 Å². The average Bonchev–Trinajstić information content (AvgIpc) is 2.95. The van der Waals surface area contributed by atoms with Crippen LogP contribution >= 0.6 is 0 Å². The van der Waals surface area contributed by atoms with Crippen molar-refractivity contribution in [2.75, 3.05) is 13.1 Å². The summed E-state index contributed by atoms with van der Waals surface area (Å²) in [4.78, 5) is 26.7. The van der Waals surface area contributed by atoms with Gasteiger partial charge in [-0.15, -0.1) is 0 Å². The molecule has 1 aliphatic rings. The fourth-order valence-corrected chi connectivity index (χ4v) is 3.34. The molecule has 5 nitrogen and oxygen atoms in total. The van der Waals surface area contributed by atoms with Gasteiger partial charge in [0.15, 0.2) is 0 Å². The van der Waals surface area contributed by atoms with Crippen LogP contribution in [0.15, 0.2) is 34.7 Å². The fourth-order valence-electron chi connectivity index (χ4n) is 3.34. The fraction of sp³-hybridized carbons (Fsp3) is 0.400. The second kappa shape index (κ2) is 7.55. The number of amides is 2. The van der Waals surface area contributed by atoms with Crippen molar-refractivity contribution >= 4 is 11.8 Å². The molecular weight excluding hydrogens is 316 g/mol. The molecule has 5 heteroatoms. The second-order valence-electron chi connectivity index (χ2n) is 6.35. The van der Waals surface area contributed by atoms with Crippen molar-refractivity contribution in [1.29, 1.82) is 0 Å². The number of benzene rings is 1. The summed E-state index contributed by atoms with van der Waals surface area (Å²) in [6.07, 6.45) is 1.87. The first-order valence-corrected chi connectivity index (χ1v) is 8.81. The highest BCUT2D eigenvalue weighted by molar-refractivity contribution is 5.97. The van der Waals surface area contributed by atoms with Gasteiger partial charge in [0.05, 0.1) is 5.56 Å². The van der Waals surface area contributed by atoms with Crippen LogP contribution < -0.4 is 5.32 Å². The van der Waals surface area contributed by atoms with E-state index in [-0.39, 0.29) is 11.8 Å². The highest BCUT2D eigenvalue weighted by atomic mass is 16.3. The van der Waals surface area contributed by atoms with Gasteiger partial charge in [-0.05, 0) is 25.8 Å². The molecule has 2 amide bonds. The van der Waals surface area contributed by atoms with Crippen molar-refractivity contribution in [2.24, 2.45) is 0 Å². The molecular formula is C20H24N2O3. The summed E-state index contributed by atoms with van der Waals surface area (Å²) >= 11 is 0. The molecule has 0 atom stereocenters. The maximum atomic E-state index is 12.6. The number of hydrogen-bond acceptors (Lipinski definition) is 3. The van der Waals surface area contributed by atoms with Crippen LogP contribution in [0.5, 0.6) is 0 Å². The molecule has 0 fully saturated rings. The minimum Gasteiger partial charge on any atom is -0.465 e. The predicted octanol–water partition coefficient (Wildman–Crippen LogP) is 2.86. The minimum absolute atomic E-state index is 0.121. The molecule has 0 saturated carbocycles. The normalized spacial score (nSPS) is 13.4. The third kappa shape index (κ3) is 3.76. The number of furan rings is 1. The molecule has 0 unspecified atom stereocenters. The SMILES string of the molecule is CCNC(=O)c1c(C)oc2c1CN(C(=O)CCc1ccccc1)CC2. The molecule has 0 spiro atoms. The van der Waals surface area contributed by atoms with Crippen LogP contribution in [0.25, 0.3) is 0 Å². The molecule has 1 N–H and O–H groups in total. The van der Waals surface area contributed by atoms with Crippen LogP contribution in [-0.4, -0.2) is 29.8 Å². The van der Waals surface area contributed by atoms with E-state index in [0.717, 1.165) is 23.3 Å². The lowest BCUT2D eigenvalue weighted by Gasteiger charge is -2.27. The summed E-state index contributed by atoms with van der Waals surface area (Å²) in [6, 6.07) is 10.0. The van der Waals surface area contributed by atoms with E-state index in [9.17, 15) is 9.59 Å². The van der Waals surface area contributed by atoms with Gasteiger partial charge < -0.3 is 14.6 Å². The smallest absolute Gasteiger partial charge is 0.255 e. The van der Waals surface area contributed by atoms with Crippen LogP contribution in [-0.2, 0) is 24.2 Å². The quantitative estimate of drug-likeness (QED) is 0.910. The van der Waals surface area contributed by atoms with Crippen molar-refractivity contribution in [1.82, 2.24) is 10.2 Å². The topological polar surface area (TPSA) is 62.6 Å². The van der Waals surface area contributed by atoms with E-state index in [1.165, 1.54) is 0 Å². The van der Waals surface area contributed by atoms with E-state index in [0.29, 0.717) is 43.8 Å². The van der Waals surface area contributed by atoms with Gasteiger partial charge in [0.25, 0.3) is 5.91 Å². The molecule has 2 heterocycles. The standard InChI is InChI=1S/C20H24N2O3/c1-3-21-20(24)19-14(2)25-17-11-12-22(13-16(17)19)18(23)10-9-15-7-5-4-6-8-15/h4-8H,3,9-13H2,1-2H3,(H,21,24). The largest absolute Gasteiger partial charge is 0.465 e. The number of carbonyl (C=O) groups is 2. The molecule has 0 bridgehead atoms. The molecule has 0 radical (unpaired) electrons. The van der Waals surface area contributed by atoms with E-state index in [1.54, 1.807) is 0 Å². The lowest BCUT2D eigenvalue weighted by molar-refractivity contribution is -0.132. The summed E-state index contributed by atoms with van der Waals surface area (Å²) < 4.78 is 5.76. The van der Waals surface area contributed by atoms with Gasteiger partial charge in [-0.1, -0.05) is 30.3 Å². The van der Waals surface area contributed by atoms with Gasteiger partial charge in [0.1, 0.15) is 11.5 Å². The van der Waals surface area contributed by atoms with E-state index in [1.807, 2.05) is 49.1 Å². The molecule has 132 valence electrons. The zero-order valence-electron chi connectivity index (χ0n) is 14.8. The van der Waals surface area contributed by atoms with Gasteiger partial charge >= 0.3 is 0 Å². The average molecular weight is 340 g/mol. The number of aryl methyl sites for hydroxylation is 2. The van der Waals surface area contributed by atoms with Gasteiger partial charge in [0.2, 0.25) is 5.91 Å². The van der Waals surface area contributed by atoms with Crippen LogP contribution in [0.3, 0.4) is 0 Å². The molecule has 2 aromatic rings. The zero-order chi connectivity index (χ0) is 17.8. The first kappa shape index (κ1) is 17.3. The Labute approximate surface area is 148 Å². The third-order valence-corrected chi connectivity index (χ3v) is 4.61. The molecule has 0 saturated heterocycles. The third-order valence-electron chi connectivity index (χ3n) is 4.61. The van der Waals surface area contributed by atoms with Crippen molar-refractivity contribution in [3.05, 3.63) is 58.5 Å². The predicted molar refractivity (Wildman–Crippen MR) is 95.3 cm³/mol. The Morgan fingerprint density at radius 1 is 1.24 bits per heavy atom. The Hall–Kier alpha value is -2.56. The van der Waals surface area contributed by atoms with E-state index >= 15 is 0 Å². The highest BCUT2D eigenvalue weighted by Gasteiger charge is 2.29. The Bertz CT molecular complexity index is 765. The Kier molecular flexibility index (Phi) is 5.22. The maximum absolute atomic E-state index is 12.6. The van der Waals surface area contributed by atoms with Crippen LogP contribution in [0.1, 0.15) is 46.3 Å². The van der Waals surface area contributed by atoms with Crippen LogP contribution in [0, 0.1) is 6.92 Å². The van der Waals surface area contributed by atoms with Crippen molar-refractivity contribution in [3.63, 3.8) is 0 Å². The van der Waals surface area contributed by atoms with Crippen molar-refractivity contribution < 1.29 is 14.0 Å². The number of carbonyl (C=O) groups excluding carboxylic acids is 2. The zero-order valence-corrected chi connectivity index (χ0v) is 14.8. The number of hydrogen-bond donors (Lipinski definition) is 1. The van der Waals surface area contributed by atoms with Gasteiger partial charge in [-0.25, -0.2) is 0 Å². The second-order valence-corrected chi connectivity index (χ2v) is 6.35. The van der Waals surface area contributed by atoms with E-state index in [4.69, 9.17) is 4.42 Å². The van der Waals surface area contributed by atoms with Gasteiger partial charge in [-0.3, -0.25) is 9.59 Å². The summed E-state index contributed by atoms with van der Waals surface area (Å²) in [7, 11) is 0. The first-order chi connectivity index (χ1) is 12.1. The summed E-state index contributed by atoms with van der Waals surface area (Å²) in [5, 5.41) is 2.83. The summed E-state index contributed by atoms with van der Waals surface area (Å²) in [6.45, 7) is 5.36. The summed E-state index contributed by atoms with van der Waals surface area (Å²) in [5.74, 6) is 1.47. The monoisotopic (exact) mass is 340 g/mol. The number of fused-ring (bicyclic) bond motifs is 1. The molecule has 1 aromatic carbocycles. The minimum atomic E-state index is -0.122.